The number of likely N-dealkylation sites (tertiary alicyclic amines) is 1. The van der Waals surface area contributed by atoms with E-state index in [1.54, 1.807) is 4.88 Å². The second-order valence-electron chi connectivity index (χ2n) is 5.26. The Bertz CT molecular complexity index is 329. The predicted molar refractivity (Wildman–Crippen MR) is 67.6 cm³/mol. The molecule has 0 amide bonds. The molecule has 0 N–H and O–H groups in total. The fraction of sp³-hybridized carbons (Fsp3) is 0.692. The highest BCUT2D eigenvalue weighted by Gasteiger charge is 2.34. The average molecular weight is 223 g/mol. The zero-order chi connectivity index (χ0) is 11.0. The first-order valence-corrected chi connectivity index (χ1v) is 6.69. The first-order valence-electron chi connectivity index (χ1n) is 5.81. The molecule has 1 aromatic heterocycles. The lowest BCUT2D eigenvalue weighted by Crippen LogP contribution is -2.17. The number of hydrogen-bond donors (Lipinski definition) is 0. The van der Waals surface area contributed by atoms with Gasteiger partial charge >= 0.3 is 0 Å². The minimum Gasteiger partial charge on any atom is -0.305 e. The summed E-state index contributed by atoms with van der Waals surface area (Å²) in [6, 6.07) is 2.38. The number of aryl methyl sites for hydroxylation is 1. The lowest BCUT2D eigenvalue weighted by molar-refractivity contribution is 0.345. The minimum absolute atomic E-state index is 0.772. The van der Waals surface area contributed by atoms with Gasteiger partial charge in [0.15, 0.2) is 0 Å². The van der Waals surface area contributed by atoms with Gasteiger partial charge in [0.2, 0.25) is 0 Å². The van der Waals surface area contributed by atoms with Crippen LogP contribution < -0.4 is 0 Å². The van der Waals surface area contributed by atoms with Crippen molar-refractivity contribution in [1.29, 1.82) is 0 Å². The quantitative estimate of drug-likeness (QED) is 0.743. The largest absolute Gasteiger partial charge is 0.305 e. The third-order valence-electron chi connectivity index (χ3n) is 3.52. The van der Waals surface area contributed by atoms with E-state index in [-0.39, 0.29) is 0 Å². The summed E-state index contributed by atoms with van der Waals surface area (Å²) in [5.74, 6) is 2.41. The van der Waals surface area contributed by atoms with Crippen molar-refractivity contribution >= 4 is 11.3 Å². The second kappa shape index (κ2) is 4.26. The van der Waals surface area contributed by atoms with E-state index >= 15 is 0 Å². The van der Waals surface area contributed by atoms with Crippen LogP contribution in [-0.2, 0) is 0 Å². The van der Waals surface area contributed by atoms with Gasteiger partial charge in [0, 0.05) is 23.9 Å². The van der Waals surface area contributed by atoms with E-state index in [1.807, 2.05) is 11.3 Å². The van der Waals surface area contributed by atoms with E-state index in [0.29, 0.717) is 0 Å². The maximum atomic E-state index is 2.48. The van der Waals surface area contributed by atoms with Crippen LogP contribution in [0.25, 0.3) is 0 Å². The summed E-state index contributed by atoms with van der Waals surface area (Å²) in [5.41, 5.74) is 1.42. The Morgan fingerprint density at radius 2 is 2.13 bits per heavy atom. The molecular formula is C13H21NS. The number of nitrogens with zero attached hydrogens (tertiary/aromatic N) is 1. The van der Waals surface area contributed by atoms with Gasteiger partial charge in [0.05, 0.1) is 0 Å². The molecule has 0 saturated carbocycles. The van der Waals surface area contributed by atoms with Crippen molar-refractivity contribution in [2.45, 2.75) is 26.7 Å². The highest BCUT2D eigenvalue weighted by Crippen LogP contribution is 2.38. The van der Waals surface area contributed by atoms with Crippen molar-refractivity contribution in [3.05, 3.63) is 21.9 Å². The van der Waals surface area contributed by atoms with Crippen LogP contribution in [0.1, 0.15) is 30.2 Å². The van der Waals surface area contributed by atoms with Gasteiger partial charge < -0.3 is 4.90 Å². The van der Waals surface area contributed by atoms with Crippen molar-refractivity contribution in [3.8, 4) is 0 Å². The Kier molecular flexibility index (Phi) is 3.17. The van der Waals surface area contributed by atoms with Crippen LogP contribution in [0.15, 0.2) is 11.4 Å². The third-order valence-corrected chi connectivity index (χ3v) is 4.70. The van der Waals surface area contributed by atoms with Crippen molar-refractivity contribution in [1.82, 2.24) is 4.90 Å². The molecule has 2 rings (SSSR count). The zero-order valence-electron chi connectivity index (χ0n) is 10.2. The van der Waals surface area contributed by atoms with E-state index < -0.39 is 0 Å². The highest BCUT2D eigenvalue weighted by molar-refractivity contribution is 7.10. The van der Waals surface area contributed by atoms with Crippen LogP contribution in [0.3, 0.4) is 0 Å². The number of likely N-dealkylation sites (N-methyl/N-ethyl adjacent to an activating group) is 1. The zero-order valence-corrected chi connectivity index (χ0v) is 11.0. The maximum absolute atomic E-state index is 2.48. The summed E-state index contributed by atoms with van der Waals surface area (Å²) in [6.45, 7) is 9.42. The van der Waals surface area contributed by atoms with Gasteiger partial charge in [-0.2, -0.15) is 0 Å². The predicted octanol–water partition coefficient (Wildman–Crippen LogP) is 3.36. The summed E-state index contributed by atoms with van der Waals surface area (Å²) in [5, 5.41) is 2.28. The van der Waals surface area contributed by atoms with E-state index in [1.165, 1.54) is 18.7 Å². The lowest BCUT2D eigenvalue weighted by atomic mass is 9.85. The first-order chi connectivity index (χ1) is 7.08. The van der Waals surface area contributed by atoms with Gasteiger partial charge in [0.1, 0.15) is 0 Å². The number of thiophene rings is 1. The summed E-state index contributed by atoms with van der Waals surface area (Å²) in [6.07, 6.45) is 0. The van der Waals surface area contributed by atoms with Crippen LogP contribution in [0.5, 0.6) is 0 Å². The molecule has 1 fully saturated rings. The smallest absolute Gasteiger partial charge is 0.0103 e. The molecule has 1 unspecified atom stereocenters. The van der Waals surface area contributed by atoms with Gasteiger partial charge in [-0.1, -0.05) is 13.8 Å². The maximum Gasteiger partial charge on any atom is 0.0103 e. The van der Waals surface area contributed by atoms with Gasteiger partial charge in [-0.15, -0.1) is 11.3 Å². The molecule has 0 aromatic carbocycles. The number of hydrogen-bond acceptors (Lipinski definition) is 2. The van der Waals surface area contributed by atoms with Crippen molar-refractivity contribution in [2.75, 3.05) is 20.1 Å². The molecule has 1 aliphatic heterocycles. The fourth-order valence-corrected chi connectivity index (χ4v) is 3.73. The summed E-state index contributed by atoms with van der Waals surface area (Å²) >= 11 is 1.94. The van der Waals surface area contributed by atoms with Crippen LogP contribution in [0.2, 0.25) is 0 Å². The number of rotatable bonds is 2. The first kappa shape index (κ1) is 11.2. The molecule has 2 heterocycles. The molecule has 84 valence electrons. The Labute approximate surface area is 97.1 Å². The van der Waals surface area contributed by atoms with Crippen LogP contribution in [0.4, 0.5) is 0 Å². The normalized spacial score (nSPS) is 27.8. The molecule has 2 atom stereocenters. The Balaban J connectivity index is 2.20. The topological polar surface area (TPSA) is 3.24 Å². The Morgan fingerprint density at radius 1 is 1.40 bits per heavy atom. The van der Waals surface area contributed by atoms with Crippen molar-refractivity contribution in [2.24, 2.45) is 11.8 Å². The van der Waals surface area contributed by atoms with Crippen LogP contribution >= 0.6 is 11.3 Å². The minimum atomic E-state index is 0.772. The monoisotopic (exact) mass is 223 g/mol. The van der Waals surface area contributed by atoms with Crippen molar-refractivity contribution < 1.29 is 0 Å². The Morgan fingerprint density at radius 3 is 2.67 bits per heavy atom. The summed E-state index contributed by atoms with van der Waals surface area (Å²) in [4.78, 5) is 4.07. The molecule has 0 spiro atoms. The highest BCUT2D eigenvalue weighted by atomic mass is 32.1. The third kappa shape index (κ3) is 2.26. The molecule has 1 aliphatic rings. The molecule has 1 nitrogen and oxygen atoms in total. The molecule has 0 bridgehead atoms. The summed E-state index contributed by atoms with van der Waals surface area (Å²) in [7, 11) is 2.25. The van der Waals surface area contributed by atoms with E-state index in [0.717, 1.165) is 17.8 Å². The van der Waals surface area contributed by atoms with Gasteiger partial charge in [0.25, 0.3) is 0 Å². The molecule has 0 radical (unpaired) electrons. The standard InChI is InChI=1S/C13H21NS/c1-9(2)11-6-14(4)7-12(11)13-5-10(3)8-15-13/h5,8-9,11-12H,6-7H2,1-4H3/t11?,12-/m1/s1. The Hall–Kier alpha value is -0.340. The lowest BCUT2D eigenvalue weighted by Gasteiger charge is -2.20. The van der Waals surface area contributed by atoms with Crippen LogP contribution in [-0.4, -0.2) is 25.0 Å². The SMILES string of the molecule is Cc1csc([C@@H]2CN(C)CC2C(C)C)c1. The van der Waals surface area contributed by atoms with E-state index in [4.69, 9.17) is 0 Å². The molecular weight excluding hydrogens is 202 g/mol. The second-order valence-corrected chi connectivity index (χ2v) is 6.20. The van der Waals surface area contributed by atoms with Gasteiger partial charge in [-0.25, -0.2) is 0 Å². The van der Waals surface area contributed by atoms with Gasteiger partial charge in [-0.3, -0.25) is 0 Å². The van der Waals surface area contributed by atoms with Gasteiger partial charge in [-0.05, 0) is 42.8 Å². The van der Waals surface area contributed by atoms with E-state index in [2.05, 4.69) is 44.2 Å². The molecule has 1 aromatic rings. The molecule has 15 heavy (non-hydrogen) atoms. The molecule has 2 heteroatoms. The van der Waals surface area contributed by atoms with E-state index in [9.17, 15) is 0 Å². The summed E-state index contributed by atoms with van der Waals surface area (Å²) < 4.78 is 0. The van der Waals surface area contributed by atoms with Crippen LogP contribution in [0, 0.1) is 18.8 Å². The fourth-order valence-electron chi connectivity index (χ4n) is 2.66. The average Bonchev–Trinajstić information content (AvgIpc) is 2.71. The molecule has 1 saturated heterocycles. The van der Waals surface area contributed by atoms with Crippen molar-refractivity contribution in [3.63, 3.8) is 0 Å². The molecule has 0 aliphatic carbocycles.